The normalized spacial score (nSPS) is 33.3. The number of hydrogen-bond donors (Lipinski definition) is 2. The highest BCUT2D eigenvalue weighted by molar-refractivity contribution is 6.74. The van der Waals surface area contributed by atoms with Crippen molar-refractivity contribution in [1.82, 2.24) is 4.98 Å². The van der Waals surface area contributed by atoms with E-state index in [0.29, 0.717) is 38.0 Å². The predicted molar refractivity (Wildman–Crippen MR) is 180 cm³/mol. The van der Waals surface area contributed by atoms with Gasteiger partial charge in [0, 0.05) is 47.2 Å². The molecule has 2 bridgehead atoms. The van der Waals surface area contributed by atoms with E-state index in [1.807, 2.05) is 13.8 Å². The third kappa shape index (κ3) is 5.32. The number of aromatic nitrogens is 1. The van der Waals surface area contributed by atoms with Gasteiger partial charge in [-0.15, -0.1) is 0 Å². The number of H-pyrrole nitrogens is 1. The minimum atomic E-state index is -1.88. The minimum Gasteiger partial charge on any atom is -0.417 e. The van der Waals surface area contributed by atoms with E-state index in [1.165, 1.54) is 22.2 Å². The lowest BCUT2D eigenvalue weighted by molar-refractivity contribution is -0.215. The number of benzene rings is 1. The van der Waals surface area contributed by atoms with Crippen LogP contribution in [0.15, 0.2) is 35.9 Å². The van der Waals surface area contributed by atoms with Crippen molar-refractivity contribution in [3.05, 3.63) is 47.2 Å². The van der Waals surface area contributed by atoms with Crippen molar-refractivity contribution in [2.75, 3.05) is 13.2 Å². The molecule has 2 N–H and O–H groups in total. The van der Waals surface area contributed by atoms with Crippen LogP contribution in [0.25, 0.3) is 10.9 Å². The Morgan fingerprint density at radius 2 is 1.87 bits per heavy atom. The molecule has 8 heteroatoms. The van der Waals surface area contributed by atoms with Crippen molar-refractivity contribution in [3.8, 4) is 0 Å². The molecular formula is C37H55NO6Si. The number of nitrogens with one attached hydrogen (secondary N) is 1. The van der Waals surface area contributed by atoms with Crippen molar-refractivity contribution in [2.24, 2.45) is 5.92 Å². The molecule has 45 heavy (non-hydrogen) atoms. The number of fused-ring (bicyclic) bond motifs is 4. The number of aromatic amines is 1. The first-order valence-electron chi connectivity index (χ1n) is 17.2. The van der Waals surface area contributed by atoms with Crippen LogP contribution in [0.3, 0.4) is 0 Å². The van der Waals surface area contributed by atoms with Gasteiger partial charge >= 0.3 is 0 Å². The molecule has 2 fully saturated rings. The maximum absolute atomic E-state index is 13.4. The molecule has 2 aromatic rings. The molecule has 1 saturated heterocycles. The Morgan fingerprint density at radius 3 is 2.58 bits per heavy atom. The zero-order chi connectivity index (χ0) is 32.6. The van der Waals surface area contributed by atoms with Crippen molar-refractivity contribution < 1.29 is 28.5 Å². The van der Waals surface area contributed by atoms with E-state index in [-0.39, 0.29) is 22.2 Å². The minimum absolute atomic E-state index is 0.103. The summed E-state index contributed by atoms with van der Waals surface area (Å²) in [6.45, 7) is 20.8. The van der Waals surface area contributed by atoms with Crippen LogP contribution in [0.1, 0.15) is 98.2 Å². The van der Waals surface area contributed by atoms with Gasteiger partial charge in [0.25, 0.3) is 0 Å². The first-order valence-corrected chi connectivity index (χ1v) is 20.1. The SMILES string of the molecule is CC[C@@]1(C)c2[nH]c3ccccc3c2C[C@@H]1C[C@H](OCCCO[Si](C)(C)C(C)(C)C)[C@]1(O)CCC[C@@]23OC(C(=O)C=C21)C(C)(C)O3. The number of ether oxygens (including phenoxy) is 3. The van der Waals surface area contributed by atoms with Crippen molar-refractivity contribution in [2.45, 2.75) is 146 Å². The number of carbonyl (C=O) groups excluding carboxylic acids is 1. The summed E-state index contributed by atoms with van der Waals surface area (Å²) < 4.78 is 26.2. The number of para-hydroxylation sites is 1. The van der Waals surface area contributed by atoms with Gasteiger partial charge in [0.2, 0.25) is 0 Å². The van der Waals surface area contributed by atoms with Crippen LogP contribution < -0.4 is 0 Å². The van der Waals surface area contributed by atoms with Gasteiger partial charge < -0.3 is 28.7 Å². The van der Waals surface area contributed by atoms with Crippen LogP contribution in [-0.2, 0) is 35.3 Å². The summed E-state index contributed by atoms with van der Waals surface area (Å²) in [6.07, 6.45) is 5.58. The molecular weight excluding hydrogens is 582 g/mol. The monoisotopic (exact) mass is 637 g/mol. The highest BCUT2D eigenvalue weighted by atomic mass is 28.4. The molecule has 1 saturated carbocycles. The Bertz CT molecular complexity index is 1490. The Hall–Kier alpha value is -1.81. The second-order valence-electron chi connectivity index (χ2n) is 16.4. The molecule has 7 nitrogen and oxygen atoms in total. The zero-order valence-electron chi connectivity index (χ0n) is 29.0. The summed E-state index contributed by atoms with van der Waals surface area (Å²) in [5, 5.41) is 14.3. The molecule has 248 valence electrons. The van der Waals surface area contributed by atoms with Crippen molar-refractivity contribution in [1.29, 1.82) is 0 Å². The van der Waals surface area contributed by atoms with Crippen LogP contribution in [0, 0.1) is 5.92 Å². The van der Waals surface area contributed by atoms with Gasteiger partial charge in [0.05, 0.1) is 6.10 Å². The molecule has 3 heterocycles. The molecule has 1 aromatic heterocycles. The molecule has 1 unspecified atom stereocenters. The molecule has 2 aliphatic heterocycles. The van der Waals surface area contributed by atoms with E-state index in [2.05, 4.69) is 77.0 Å². The van der Waals surface area contributed by atoms with Gasteiger partial charge in [0.1, 0.15) is 11.2 Å². The summed E-state index contributed by atoms with van der Waals surface area (Å²) in [4.78, 5) is 17.2. The van der Waals surface area contributed by atoms with E-state index in [1.54, 1.807) is 6.08 Å². The lowest BCUT2D eigenvalue weighted by Crippen LogP contribution is -2.58. The average molecular weight is 638 g/mol. The maximum atomic E-state index is 13.4. The summed E-state index contributed by atoms with van der Waals surface area (Å²) in [6, 6.07) is 8.56. The van der Waals surface area contributed by atoms with E-state index in [4.69, 9.17) is 18.6 Å². The Labute approximate surface area is 270 Å². The Morgan fingerprint density at radius 1 is 1.13 bits per heavy atom. The summed E-state index contributed by atoms with van der Waals surface area (Å²) in [5.74, 6) is -0.976. The highest BCUT2D eigenvalue weighted by Crippen LogP contribution is 2.57. The summed E-state index contributed by atoms with van der Waals surface area (Å²) >= 11 is 0. The second kappa shape index (κ2) is 11.1. The molecule has 2 aliphatic carbocycles. The van der Waals surface area contributed by atoms with Crippen LogP contribution in [0.4, 0.5) is 0 Å². The fraction of sp³-hybridized carbons (Fsp3) is 0.703. The maximum Gasteiger partial charge on any atom is 0.195 e. The molecule has 6 rings (SSSR count). The zero-order valence-corrected chi connectivity index (χ0v) is 30.0. The molecule has 0 amide bonds. The average Bonchev–Trinajstić information content (AvgIpc) is 3.54. The molecule has 1 aromatic carbocycles. The number of aliphatic hydroxyl groups is 1. The van der Waals surface area contributed by atoms with Gasteiger partial charge in [-0.05, 0) is 94.1 Å². The van der Waals surface area contributed by atoms with E-state index < -0.39 is 37.5 Å². The number of carbonyl (C=O) groups is 1. The first kappa shape index (κ1) is 33.1. The van der Waals surface area contributed by atoms with E-state index in [0.717, 1.165) is 25.7 Å². The smallest absolute Gasteiger partial charge is 0.195 e. The number of hydrogen-bond acceptors (Lipinski definition) is 6. The third-order valence-corrected chi connectivity index (χ3v) is 16.8. The third-order valence-electron chi connectivity index (χ3n) is 12.2. The molecule has 0 radical (unpaired) electrons. The largest absolute Gasteiger partial charge is 0.417 e. The lowest BCUT2D eigenvalue weighted by Gasteiger charge is -2.50. The number of rotatable bonds is 10. The quantitative estimate of drug-likeness (QED) is 0.207. The number of ketones is 1. The van der Waals surface area contributed by atoms with Gasteiger partial charge in [-0.2, -0.15) is 0 Å². The van der Waals surface area contributed by atoms with E-state index >= 15 is 0 Å². The van der Waals surface area contributed by atoms with Gasteiger partial charge in [0.15, 0.2) is 26.0 Å². The summed E-state index contributed by atoms with van der Waals surface area (Å²) in [5.41, 5.74) is 2.18. The van der Waals surface area contributed by atoms with Crippen LogP contribution >= 0.6 is 0 Å². The van der Waals surface area contributed by atoms with Crippen LogP contribution in [0.2, 0.25) is 18.1 Å². The molecule has 1 spiro atoms. The topological polar surface area (TPSA) is 90.0 Å². The first-order chi connectivity index (χ1) is 21.0. The van der Waals surface area contributed by atoms with Gasteiger partial charge in [-0.1, -0.05) is 52.8 Å². The summed E-state index contributed by atoms with van der Waals surface area (Å²) in [7, 11) is -1.88. The van der Waals surface area contributed by atoms with Crippen LogP contribution in [-0.4, -0.2) is 66.6 Å². The fourth-order valence-corrected chi connectivity index (χ4v) is 9.40. The second-order valence-corrected chi connectivity index (χ2v) is 21.3. The lowest BCUT2D eigenvalue weighted by atomic mass is 9.67. The van der Waals surface area contributed by atoms with E-state index in [9.17, 15) is 9.90 Å². The van der Waals surface area contributed by atoms with Gasteiger partial charge in [-0.3, -0.25) is 4.79 Å². The van der Waals surface area contributed by atoms with Crippen molar-refractivity contribution in [3.63, 3.8) is 0 Å². The molecule has 4 aliphatic rings. The van der Waals surface area contributed by atoms with Crippen LogP contribution in [0.5, 0.6) is 0 Å². The van der Waals surface area contributed by atoms with Gasteiger partial charge in [-0.25, -0.2) is 0 Å². The molecule has 6 atom stereocenters. The standard InChI is InChI=1S/C37H55NO6Si/c1-10-35(7)24(21-26-25-15-11-12-16-27(25)38-31(26)35)22-30(41-19-14-20-42-45(8,9)33(2,3)4)36(40)17-13-18-37-29(36)23-28(39)32(43-37)34(5,6)44-37/h11-12,15-16,23-24,30,32,38,40H,10,13-14,17-22H2,1-9H3/t24-,30+,32?,35-,36+,37+/m1/s1. The Kier molecular flexibility index (Phi) is 8.19. The Balaban J connectivity index is 1.30. The highest BCUT2D eigenvalue weighted by Gasteiger charge is 2.66. The fourth-order valence-electron chi connectivity index (χ4n) is 8.31. The van der Waals surface area contributed by atoms with Crippen molar-refractivity contribution >= 4 is 25.0 Å². The predicted octanol–water partition coefficient (Wildman–Crippen LogP) is 7.51.